The quantitative estimate of drug-likeness (QED) is 0.197. The van der Waals surface area contributed by atoms with Gasteiger partial charge in [0.1, 0.15) is 0 Å². The van der Waals surface area contributed by atoms with Gasteiger partial charge < -0.3 is 9.47 Å². The molecule has 0 fully saturated rings. The maximum Gasteiger partial charge on any atom is 0.0492 e. The Labute approximate surface area is 243 Å². The average Bonchev–Trinajstić information content (AvgIpc) is 3.44. The van der Waals surface area contributed by atoms with Crippen molar-refractivity contribution >= 4 is 34.0 Å². The van der Waals surface area contributed by atoms with E-state index >= 15 is 0 Å². The molecular weight excluding hydrogens is 496 g/mol. The molecule has 0 aliphatic heterocycles. The van der Waals surface area contributed by atoms with Crippen LogP contribution in [0.3, 0.4) is 0 Å². The highest BCUT2D eigenvalue weighted by atomic mass is 15.1. The summed E-state index contributed by atoms with van der Waals surface area (Å²) in [6.07, 6.45) is 15.4. The molecule has 5 aromatic rings. The van der Waals surface area contributed by atoms with Crippen molar-refractivity contribution in [2.45, 2.75) is 45.6 Å². The summed E-state index contributed by atoms with van der Waals surface area (Å²) in [5, 5.41) is 1.36. The summed E-state index contributed by atoms with van der Waals surface area (Å²) in [6, 6.07) is 33.8. The van der Waals surface area contributed by atoms with Crippen molar-refractivity contribution in [3.63, 3.8) is 0 Å². The molecule has 0 N–H and O–H groups in total. The van der Waals surface area contributed by atoms with Crippen molar-refractivity contribution in [3.05, 3.63) is 144 Å². The number of nitrogens with zero attached hydrogens (tertiary/aromatic N) is 2. The molecule has 0 unspecified atom stereocenters. The first kappa shape index (κ1) is 25.4. The van der Waals surface area contributed by atoms with Crippen LogP contribution in [0.1, 0.15) is 49.6 Å². The van der Waals surface area contributed by atoms with E-state index in [4.69, 9.17) is 0 Å². The van der Waals surface area contributed by atoms with E-state index < -0.39 is 0 Å². The van der Waals surface area contributed by atoms with Crippen LogP contribution in [0.2, 0.25) is 0 Å². The third kappa shape index (κ3) is 4.17. The van der Waals surface area contributed by atoms with Crippen molar-refractivity contribution in [1.82, 2.24) is 4.57 Å². The van der Waals surface area contributed by atoms with Crippen LogP contribution < -0.4 is 4.90 Å². The third-order valence-corrected chi connectivity index (χ3v) is 8.86. The lowest BCUT2D eigenvalue weighted by molar-refractivity contribution is 0.660. The third-order valence-electron chi connectivity index (χ3n) is 8.86. The molecule has 2 aliphatic rings. The predicted molar refractivity (Wildman–Crippen MR) is 175 cm³/mol. The van der Waals surface area contributed by atoms with Crippen molar-refractivity contribution in [2.75, 3.05) is 4.90 Å². The lowest BCUT2D eigenvalue weighted by Crippen LogP contribution is -2.15. The maximum atomic E-state index is 2.46. The smallest absolute Gasteiger partial charge is 0.0492 e. The molecule has 7 rings (SSSR count). The van der Waals surface area contributed by atoms with Gasteiger partial charge in [-0.2, -0.15) is 0 Å². The summed E-state index contributed by atoms with van der Waals surface area (Å²) in [6.45, 7) is 7.61. The van der Waals surface area contributed by atoms with E-state index in [1.165, 1.54) is 61.5 Å². The van der Waals surface area contributed by atoms with Crippen molar-refractivity contribution < 1.29 is 0 Å². The van der Waals surface area contributed by atoms with Crippen molar-refractivity contribution in [1.29, 1.82) is 0 Å². The highest BCUT2D eigenvalue weighted by Crippen LogP contribution is 2.50. The van der Waals surface area contributed by atoms with Crippen LogP contribution in [0.4, 0.5) is 17.1 Å². The zero-order chi connectivity index (χ0) is 28.0. The zero-order valence-corrected chi connectivity index (χ0v) is 24.1. The Morgan fingerprint density at radius 1 is 0.780 bits per heavy atom. The van der Waals surface area contributed by atoms with Crippen LogP contribution >= 0.6 is 0 Å². The number of aromatic nitrogens is 1. The zero-order valence-electron chi connectivity index (χ0n) is 24.1. The van der Waals surface area contributed by atoms with Crippen LogP contribution in [0.5, 0.6) is 0 Å². The summed E-state index contributed by atoms with van der Waals surface area (Å²) < 4.78 is 2.46. The van der Waals surface area contributed by atoms with E-state index in [9.17, 15) is 0 Å². The van der Waals surface area contributed by atoms with Gasteiger partial charge in [-0.3, -0.25) is 0 Å². The molecule has 0 spiro atoms. The Balaban J connectivity index is 1.39. The Bertz CT molecular complexity index is 1850. The fraction of sp³-hybridized carbons (Fsp3) is 0.179. The number of aryl methyl sites for hydroxylation is 1. The lowest BCUT2D eigenvalue weighted by Gasteiger charge is -2.27. The van der Waals surface area contributed by atoms with Gasteiger partial charge in [-0.1, -0.05) is 92.8 Å². The summed E-state index contributed by atoms with van der Waals surface area (Å²) in [5.41, 5.74) is 13.1. The van der Waals surface area contributed by atoms with Crippen LogP contribution in [-0.2, 0) is 18.4 Å². The molecule has 2 aliphatic carbocycles. The number of para-hydroxylation sites is 1. The largest absolute Gasteiger partial charge is 0.337 e. The number of anilines is 3. The molecule has 0 saturated heterocycles. The second-order valence-corrected chi connectivity index (χ2v) is 11.6. The summed E-state index contributed by atoms with van der Waals surface area (Å²) >= 11 is 0. The number of benzene rings is 4. The molecule has 1 heterocycles. The second-order valence-electron chi connectivity index (χ2n) is 11.6. The van der Waals surface area contributed by atoms with Gasteiger partial charge in [-0.15, -0.1) is 0 Å². The summed E-state index contributed by atoms with van der Waals surface area (Å²) in [7, 11) is 0. The topological polar surface area (TPSA) is 8.17 Å². The fourth-order valence-electron chi connectivity index (χ4n) is 6.87. The molecule has 0 atom stereocenters. The Morgan fingerprint density at radius 2 is 1.54 bits per heavy atom. The first-order valence-corrected chi connectivity index (χ1v) is 14.8. The number of hydrogen-bond donors (Lipinski definition) is 0. The predicted octanol–water partition coefficient (Wildman–Crippen LogP) is 10.5. The summed E-state index contributed by atoms with van der Waals surface area (Å²) in [5.74, 6) is 0. The Kier molecular flexibility index (Phi) is 6.27. The Hall–Kier alpha value is -4.56. The van der Waals surface area contributed by atoms with Gasteiger partial charge in [0, 0.05) is 45.6 Å². The van der Waals surface area contributed by atoms with Gasteiger partial charge in [0.25, 0.3) is 0 Å². The lowest BCUT2D eigenvalue weighted by atomic mass is 9.82. The maximum absolute atomic E-state index is 2.46. The highest BCUT2D eigenvalue weighted by molar-refractivity contribution is 5.94. The van der Waals surface area contributed by atoms with E-state index in [0.717, 1.165) is 19.4 Å². The standard InChI is InChI=1S/C39H36N2/c1-4-5-6-14-25-40-37-20-13-11-18-32(37)34-27-30(22-24-38(34)40)41(28-15-8-7-9-16-28)29-21-23-36-33(26-29)31-17-10-12-19-35(31)39(36,2)3/h4-10,12-17,19-24,26-27H,11,18,25H2,1-3H3/b5-4-,14-6-. The van der Waals surface area contributed by atoms with Crippen molar-refractivity contribution in [3.8, 4) is 11.1 Å². The van der Waals surface area contributed by atoms with Gasteiger partial charge >= 0.3 is 0 Å². The van der Waals surface area contributed by atoms with Gasteiger partial charge in [0.2, 0.25) is 0 Å². The molecule has 0 saturated carbocycles. The Morgan fingerprint density at radius 3 is 2.39 bits per heavy atom. The second kappa shape index (κ2) is 10.1. The SMILES string of the molecule is C/C=C\C=C/Cn1c2c(c3cc(N(c4ccccc4)c4ccc5c(c4)-c4ccccc4C5(C)C)ccc31)CCC=C2. The molecule has 0 radical (unpaired) electrons. The number of fused-ring (bicyclic) bond motifs is 6. The van der Waals surface area contributed by atoms with Crippen LogP contribution in [0, 0.1) is 0 Å². The minimum atomic E-state index is -0.00218. The summed E-state index contributed by atoms with van der Waals surface area (Å²) in [4.78, 5) is 2.42. The monoisotopic (exact) mass is 532 g/mol. The first-order chi connectivity index (χ1) is 20.1. The fourth-order valence-corrected chi connectivity index (χ4v) is 6.87. The highest BCUT2D eigenvalue weighted by Gasteiger charge is 2.35. The van der Waals surface area contributed by atoms with E-state index in [-0.39, 0.29) is 5.41 Å². The number of allylic oxidation sites excluding steroid dienone is 5. The van der Waals surface area contributed by atoms with Gasteiger partial charge in [-0.05, 0) is 96.1 Å². The van der Waals surface area contributed by atoms with E-state index in [2.05, 4.69) is 158 Å². The molecular formula is C39H36N2. The van der Waals surface area contributed by atoms with Crippen LogP contribution in [-0.4, -0.2) is 4.57 Å². The molecule has 0 bridgehead atoms. The molecule has 2 nitrogen and oxygen atoms in total. The average molecular weight is 533 g/mol. The number of rotatable bonds is 6. The van der Waals surface area contributed by atoms with Crippen LogP contribution in [0.25, 0.3) is 28.1 Å². The molecule has 1 aromatic heterocycles. The molecule has 4 aromatic carbocycles. The minimum absolute atomic E-state index is 0.00218. The molecule has 0 amide bonds. The van der Waals surface area contributed by atoms with Crippen molar-refractivity contribution in [2.24, 2.45) is 0 Å². The minimum Gasteiger partial charge on any atom is -0.337 e. The van der Waals surface area contributed by atoms with Gasteiger partial charge in [0.15, 0.2) is 0 Å². The van der Waals surface area contributed by atoms with Crippen LogP contribution in [0.15, 0.2) is 121 Å². The van der Waals surface area contributed by atoms with E-state index in [1.807, 2.05) is 0 Å². The molecule has 202 valence electrons. The van der Waals surface area contributed by atoms with E-state index in [1.54, 1.807) is 0 Å². The van der Waals surface area contributed by atoms with Gasteiger partial charge in [0.05, 0.1) is 0 Å². The van der Waals surface area contributed by atoms with Gasteiger partial charge in [-0.25, -0.2) is 0 Å². The molecule has 2 heteroatoms. The van der Waals surface area contributed by atoms with E-state index in [0.29, 0.717) is 0 Å². The normalized spacial score (nSPS) is 15.0. The number of hydrogen-bond acceptors (Lipinski definition) is 1. The molecule has 41 heavy (non-hydrogen) atoms. The first-order valence-electron chi connectivity index (χ1n) is 14.8.